The largest absolute Gasteiger partial charge is 0.465 e. The van der Waals surface area contributed by atoms with Crippen molar-refractivity contribution in [2.45, 2.75) is 64.9 Å². The molecule has 1 saturated heterocycles. The van der Waals surface area contributed by atoms with Crippen LogP contribution in [0.4, 0.5) is 0 Å². The van der Waals surface area contributed by atoms with E-state index in [-0.39, 0.29) is 5.54 Å². The highest BCUT2D eigenvalue weighted by atomic mass is 32.2. The first-order chi connectivity index (χ1) is 9.87. The third kappa shape index (κ3) is 5.35. The molecule has 0 aliphatic carbocycles. The molecule has 0 spiro atoms. The van der Waals surface area contributed by atoms with Gasteiger partial charge in [0.25, 0.3) is 0 Å². The van der Waals surface area contributed by atoms with Crippen LogP contribution in [0.1, 0.15) is 51.2 Å². The van der Waals surface area contributed by atoms with E-state index in [9.17, 15) is 0 Å². The maximum atomic E-state index is 5.91. The Morgan fingerprint density at radius 2 is 2.19 bits per heavy atom. The van der Waals surface area contributed by atoms with Crippen LogP contribution in [0, 0.1) is 6.92 Å². The van der Waals surface area contributed by atoms with Gasteiger partial charge in [-0.3, -0.25) is 4.90 Å². The molecule has 0 bridgehead atoms. The van der Waals surface area contributed by atoms with Crippen LogP contribution in [0.25, 0.3) is 0 Å². The number of furan rings is 1. The van der Waals surface area contributed by atoms with Crippen LogP contribution < -0.4 is 5.32 Å². The third-order valence-corrected chi connectivity index (χ3v) is 5.31. The maximum Gasteiger partial charge on any atom is 0.118 e. The van der Waals surface area contributed by atoms with Crippen LogP contribution in [-0.2, 0) is 13.1 Å². The van der Waals surface area contributed by atoms with Crippen LogP contribution in [0.5, 0.6) is 0 Å². The quantitative estimate of drug-likeness (QED) is 0.895. The Hall–Kier alpha value is -0.450. The van der Waals surface area contributed by atoms with Gasteiger partial charge < -0.3 is 9.73 Å². The number of hydrogen-bond donors (Lipinski definition) is 1. The standard InChI is InChI=1S/C17H30N2OS/c1-6-16-12-19(7-8-21-16)11-14-9-15(20-13(14)2)10-18-17(3,4)5/h9,16,18H,6-8,10-12H2,1-5H3. The van der Waals surface area contributed by atoms with Gasteiger partial charge >= 0.3 is 0 Å². The Labute approximate surface area is 133 Å². The van der Waals surface area contributed by atoms with Gasteiger partial charge in [-0.25, -0.2) is 0 Å². The Kier molecular flexibility index (Phi) is 5.81. The molecule has 21 heavy (non-hydrogen) atoms. The van der Waals surface area contributed by atoms with Crippen LogP contribution in [0.15, 0.2) is 10.5 Å². The van der Waals surface area contributed by atoms with Gasteiger partial charge in [0.2, 0.25) is 0 Å². The van der Waals surface area contributed by atoms with E-state index < -0.39 is 0 Å². The van der Waals surface area contributed by atoms with Crippen molar-refractivity contribution < 1.29 is 4.42 Å². The number of nitrogens with zero attached hydrogens (tertiary/aromatic N) is 1. The summed E-state index contributed by atoms with van der Waals surface area (Å²) in [6.07, 6.45) is 1.27. The molecule has 2 rings (SSSR count). The molecular weight excluding hydrogens is 280 g/mol. The molecule has 1 fully saturated rings. The summed E-state index contributed by atoms with van der Waals surface area (Å²) in [5, 5.41) is 4.29. The Balaban J connectivity index is 1.92. The first-order valence-electron chi connectivity index (χ1n) is 8.04. The van der Waals surface area contributed by atoms with Gasteiger partial charge in [0, 0.05) is 41.7 Å². The number of aryl methyl sites for hydroxylation is 1. The molecule has 0 amide bonds. The Morgan fingerprint density at radius 1 is 1.43 bits per heavy atom. The highest BCUT2D eigenvalue weighted by molar-refractivity contribution is 8.00. The smallest absolute Gasteiger partial charge is 0.118 e. The van der Waals surface area contributed by atoms with E-state index in [1.807, 2.05) is 0 Å². The highest BCUT2D eigenvalue weighted by Crippen LogP contribution is 2.24. The van der Waals surface area contributed by atoms with Gasteiger partial charge in [0.05, 0.1) is 6.54 Å². The van der Waals surface area contributed by atoms with Crippen molar-refractivity contribution in [3.63, 3.8) is 0 Å². The van der Waals surface area contributed by atoms with Crippen LogP contribution >= 0.6 is 11.8 Å². The minimum absolute atomic E-state index is 0.124. The molecule has 1 N–H and O–H groups in total. The van der Waals surface area contributed by atoms with Gasteiger partial charge in [-0.1, -0.05) is 6.92 Å². The fraction of sp³-hybridized carbons (Fsp3) is 0.765. The second-order valence-corrected chi connectivity index (χ2v) is 8.44. The average molecular weight is 311 g/mol. The van der Waals surface area contributed by atoms with Gasteiger partial charge in [-0.15, -0.1) is 0 Å². The summed E-state index contributed by atoms with van der Waals surface area (Å²) in [7, 11) is 0. The van der Waals surface area contributed by atoms with Crippen LogP contribution in [-0.4, -0.2) is 34.5 Å². The van der Waals surface area contributed by atoms with Gasteiger partial charge in [0.15, 0.2) is 0 Å². The molecule has 3 nitrogen and oxygen atoms in total. The van der Waals surface area contributed by atoms with Gasteiger partial charge in [-0.05, 0) is 40.2 Å². The summed E-state index contributed by atoms with van der Waals surface area (Å²) in [6, 6.07) is 2.23. The molecule has 120 valence electrons. The van der Waals surface area contributed by atoms with E-state index in [1.165, 1.54) is 30.8 Å². The lowest BCUT2D eigenvalue weighted by Gasteiger charge is -2.31. The van der Waals surface area contributed by atoms with E-state index >= 15 is 0 Å². The topological polar surface area (TPSA) is 28.4 Å². The number of nitrogens with one attached hydrogen (secondary N) is 1. The lowest BCUT2D eigenvalue weighted by molar-refractivity contribution is 0.271. The molecule has 1 aliphatic heterocycles. The predicted molar refractivity (Wildman–Crippen MR) is 91.9 cm³/mol. The molecular formula is C17H30N2OS. The monoisotopic (exact) mass is 310 g/mol. The average Bonchev–Trinajstić information content (AvgIpc) is 2.77. The maximum absolute atomic E-state index is 5.91. The predicted octanol–water partition coefficient (Wildman–Crippen LogP) is 3.80. The van der Waals surface area contributed by atoms with E-state index in [0.29, 0.717) is 0 Å². The molecule has 1 atom stereocenters. The first-order valence-corrected chi connectivity index (χ1v) is 9.09. The van der Waals surface area contributed by atoms with Crippen LogP contribution in [0.3, 0.4) is 0 Å². The van der Waals surface area contributed by atoms with E-state index in [0.717, 1.165) is 29.9 Å². The van der Waals surface area contributed by atoms with E-state index in [1.54, 1.807) is 0 Å². The molecule has 1 aromatic heterocycles. The summed E-state index contributed by atoms with van der Waals surface area (Å²) >= 11 is 2.12. The fourth-order valence-corrected chi connectivity index (χ4v) is 3.84. The molecule has 1 aliphatic rings. The normalized spacial score (nSPS) is 20.9. The molecule has 1 unspecified atom stereocenters. The highest BCUT2D eigenvalue weighted by Gasteiger charge is 2.20. The second-order valence-electron chi connectivity index (χ2n) is 7.03. The summed E-state index contributed by atoms with van der Waals surface area (Å²) < 4.78 is 5.91. The molecule has 1 aromatic rings. The zero-order chi connectivity index (χ0) is 15.5. The Morgan fingerprint density at radius 3 is 2.86 bits per heavy atom. The van der Waals surface area contributed by atoms with E-state index in [4.69, 9.17) is 4.42 Å². The zero-order valence-corrected chi connectivity index (χ0v) is 15.0. The molecule has 0 saturated carbocycles. The molecule has 0 radical (unpaired) electrons. The van der Waals surface area contributed by atoms with Crippen LogP contribution in [0.2, 0.25) is 0 Å². The number of hydrogen-bond acceptors (Lipinski definition) is 4. The SMILES string of the molecule is CCC1CN(Cc2cc(CNC(C)(C)C)oc2C)CCS1. The zero-order valence-electron chi connectivity index (χ0n) is 14.2. The summed E-state index contributed by atoms with van der Waals surface area (Å²) in [5.41, 5.74) is 1.47. The first kappa shape index (κ1) is 16.9. The van der Waals surface area contributed by atoms with Crippen molar-refractivity contribution in [1.82, 2.24) is 10.2 Å². The third-order valence-electron chi connectivity index (χ3n) is 3.94. The number of thioether (sulfide) groups is 1. The molecule has 0 aromatic carbocycles. The van der Waals surface area contributed by atoms with Gasteiger partial charge in [-0.2, -0.15) is 11.8 Å². The lowest BCUT2D eigenvalue weighted by atomic mass is 10.1. The van der Waals surface area contributed by atoms with Gasteiger partial charge in [0.1, 0.15) is 11.5 Å². The Bertz CT molecular complexity index is 450. The second kappa shape index (κ2) is 7.21. The minimum Gasteiger partial charge on any atom is -0.465 e. The van der Waals surface area contributed by atoms with Crippen molar-refractivity contribution in [3.8, 4) is 0 Å². The minimum atomic E-state index is 0.124. The summed E-state index contributed by atoms with van der Waals surface area (Å²) in [4.78, 5) is 2.57. The lowest BCUT2D eigenvalue weighted by Crippen LogP contribution is -2.37. The fourth-order valence-electron chi connectivity index (χ4n) is 2.60. The molecule has 2 heterocycles. The molecule has 4 heteroatoms. The van der Waals surface area contributed by atoms with E-state index in [2.05, 4.69) is 62.7 Å². The van der Waals surface area contributed by atoms with Crippen molar-refractivity contribution in [1.29, 1.82) is 0 Å². The number of rotatable bonds is 5. The van der Waals surface area contributed by atoms with Crippen molar-refractivity contribution in [2.24, 2.45) is 0 Å². The summed E-state index contributed by atoms with van der Waals surface area (Å²) in [6.45, 7) is 15.2. The summed E-state index contributed by atoms with van der Waals surface area (Å²) in [5.74, 6) is 3.39. The van der Waals surface area contributed by atoms with Crippen molar-refractivity contribution in [3.05, 3.63) is 23.2 Å². The van der Waals surface area contributed by atoms with Crippen molar-refractivity contribution >= 4 is 11.8 Å². The van der Waals surface area contributed by atoms with Crippen molar-refractivity contribution in [2.75, 3.05) is 18.8 Å².